The van der Waals surface area contributed by atoms with E-state index >= 15 is 0 Å². The van der Waals surface area contributed by atoms with Crippen LogP contribution in [0.4, 0.5) is 10.1 Å². The first kappa shape index (κ1) is 32.2. The minimum Gasteiger partial charge on any atom is -0.481 e. The summed E-state index contributed by atoms with van der Waals surface area (Å²) in [5, 5.41) is 10.6. The van der Waals surface area contributed by atoms with Gasteiger partial charge in [0.2, 0.25) is 18.3 Å². The molecule has 45 heavy (non-hydrogen) atoms. The maximum atomic E-state index is 14.4. The predicted molar refractivity (Wildman–Crippen MR) is 169 cm³/mol. The highest BCUT2D eigenvalue weighted by Gasteiger charge is 2.47. The average Bonchev–Trinajstić information content (AvgIpc) is 3.63. The van der Waals surface area contributed by atoms with Gasteiger partial charge < -0.3 is 24.0 Å². The van der Waals surface area contributed by atoms with Gasteiger partial charge in [-0.1, -0.05) is 38.8 Å². The highest BCUT2D eigenvalue weighted by atomic mass is 19.1. The van der Waals surface area contributed by atoms with Crippen molar-refractivity contribution in [1.82, 2.24) is 9.47 Å². The van der Waals surface area contributed by atoms with E-state index in [9.17, 15) is 23.9 Å². The molecule has 0 bridgehead atoms. The summed E-state index contributed by atoms with van der Waals surface area (Å²) in [5.74, 6) is -1.53. The number of aromatic nitrogens is 1. The average molecular weight is 620 g/mol. The molecule has 10 heteroatoms. The van der Waals surface area contributed by atoms with Crippen LogP contribution >= 0.6 is 0 Å². The zero-order valence-corrected chi connectivity index (χ0v) is 26.2. The third kappa shape index (κ3) is 7.06. The monoisotopic (exact) mass is 619 g/mol. The van der Waals surface area contributed by atoms with Crippen LogP contribution in [0.3, 0.4) is 0 Å². The fourth-order valence-electron chi connectivity index (χ4n) is 6.91. The Morgan fingerprint density at radius 2 is 1.80 bits per heavy atom. The van der Waals surface area contributed by atoms with Gasteiger partial charge in [0.1, 0.15) is 5.82 Å². The summed E-state index contributed by atoms with van der Waals surface area (Å²) in [7, 11) is 0. The molecule has 2 aromatic carbocycles. The van der Waals surface area contributed by atoms with Gasteiger partial charge in [-0.15, -0.1) is 0 Å². The standard InChI is InChI=1S/C35H42FN3O6/c1-4-8-25(9-5-2)39(26-12-13-28(36)23(3)18-26)33(41)21-38-20-27(24-11-14-30-31(19-24)45-22-44-30)34(35(42)43)29(38)15-17-37-16-7-6-10-32(37)40/h6-7,10-14,16,18-19,25,27,29,34H,4-5,8-9,15,17,20-22H2,1-3H3,(H,42,43)/t27-,29-,34+/m1/s1. The molecule has 1 aromatic heterocycles. The Labute approximate surface area is 263 Å². The van der Waals surface area contributed by atoms with Gasteiger partial charge in [0.05, 0.1) is 12.5 Å². The number of hydrogen-bond donors (Lipinski definition) is 1. The van der Waals surface area contributed by atoms with Crippen molar-refractivity contribution in [2.45, 2.75) is 77.4 Å². The molecule has 1 fully saturated rings. The number of nitrogens with zero attached hydrogens (tertiary/aromatic N) is 3. The van der Waals surface area contributed by atoms with Crippen molar-refractivity contribution in [3.8, 4) is 11.5 Å². The number of hydrogen-bond acceptors (Lipinski definition) is 6. The summed E-state index contributed by atoms with van der Waals surface area (Å²) < 4.78 is 26.9. The maximum Gasteiger partial charge on any atom is 0.308 e. The van der Waals surface area contributed by atoms with E-state index in [1.54, 1.807) is 52.9 Å². The van der Waals surface area contributed by atoms with Crippen LogP contribution in [0.5, 0.6) is 11.5 Å². The lowest BCUT2D eigenvalue weighted by molar-refractivity contribution is -0.143. The number of carbonyl (C=O) groups is 2. The summed E-state index contributed by atoms with van der Waals surface area (Å²) in [6.07, 6.45) is 5.37. The van der Waals surface area contributed by atoms with Crippen LogP contribution in [0.2, 0.25) is 0 Å². The van der Waals surface area contributed by atoms with Gasteiger partial charge in [0.15, 0.2) is 11.5 Å². The van der Waals surface area contributed by atoms with E-state index < -0.39 is 23.8 Å². The first-order valence-electron chi connectivity index (χ1n) is 15.8. The zero-order valence-electron chi connectivity index (χ0n) is 26.2. The lowest BCUT2D eigenvalue weighted by Crippen LogP contribution is -2.48. The van der Waals surface area contributed by atoms with Crippen LogP contribution in [0.25, 0.3) is 0 Å². The number of rotatable bonds is 13. The van der Waals surface area contributed by atoms with Crippen molar-refractivity contribution in [2.24, 2.45) is 5.92 Å². The minimum atomic E-state index is -0.959. The Bertz CT molecular complexity index is 1570. The normalized spacial score (nSPS) is 19.3. The minimum absolute atomic E-state index is 0.0143. The van der Waals surface area contributed by atoms with Crippen LogP contribution < -0.4 is 19.9 Å². The largest absolute Gasteiger partial charge is 0.481 e. The van der Waals surface area contributed by atoms with Gasteiger partial charge in [-0.3, -0.25) is 19.3 Å². The smallest absolute Gasteiger partial charge is 0.308 e. The Morgan fingerprint density at radius 1 is 1.04 bits per heavy atom. The quantitative estimate of drug-likeness (QED) is 0.266. The summed E-state index contributed by atoms with van der Waals surface area (Å²) in [6.45, 7) is 6.58. The molecule has 1 saturated heterocycles. The van der Waals surface area contributed by atoms with E-state index in [-0.39, 0.29) is 36.7 Å². The number of fused-ring (bicyclic) bond motifs is 1. The van der Waals surface area contributed by atoms with Gasteiger partial charge in [0, 0.05) is 49.0 Å². The van der Waals surface area contributed by atoms with Gasteiger partial charge in [-0.25, -0.2) is 4.39 Å². The molecular formula is C35H42FN3O6. The number of pyridine rings is 1. The molecular weight excluding hydrogens is 577 g/mol. The number of aliphatic carboxylic acids is 1. The van der Waals surface area contributed by atoms with Gasteiger partial charge >= 0.3 is 5.97 Å². The third-order valence-corrected chi connectivity index (χ3v) is 9.06. The van der Waals surface area contributed by atoms with E-state index in [0.717, 1.165) is 31.2 Å². The van der Waals surface area contributed by atoms with E-state index in [1.165, 1.54) is 12.1 Å². The van der Waals surface area contributed by atoms with Crippen LogP contribution in [0, 0.1) is 18.7 Å². The molecule has 9 nitrogen and oxygen atoms in total. The molecule has 0 spiro atoms. The molecule has 0 saturated carbocycles. The molecule has 3 atom stereocenters. The molecule has 3 aromatic rings. The molecule has 2 aliphatic rings. The number of likely N-dealkylation sites (tertiary alicyclic amines) is 1. The first-order chi connectivity index (χ1) is 21.7. The Hall–Kier alpha value is -4.18. The second kappa shape index (κ2) is 14.3. The second-order valence-electron chi connectivity index (χ2n) is 12.0. The van der Waals surface area contributed by atoms with Crippen LogP contribution in [0.15, 0.2) is 65.6 Å². The molecule has 0 radical (unpaired) electrons. The molecule has 0 aliphatic carbocycles. The fraction of sp³-hybridized carbons (Fsp3) is 0.457. The molecule has 5 rings (SSSR count). The van der Waals surface area contributed by atoms with E-state index in [0.29, 0.717) is 42.3 Å². The van der Waals surface area contributed by atoms with Crippen molar-refractivity contribution < 1.29 is 28.6 Å². The van der Waals surface area contributed by atoms with Crippen molar-refractivity contribution in [1.29, 1.82) is 0 Å². The van der Waals surface area contributed by atoms with Crippen LogP contribution in [-0.4, -0.2) is 58.4 Å². The third-order valence-electron chi connectivity index (χ3n) is 9.06. The second-order valence-corrected chi connectivity index (χ2v) is 12.0. The van der Waals surface area contributed by atoms with Gasteiger partial charge in [-0.05, 0) is 73.7 Å². The summed E-state index contributed by atoms with van der Waals surface area (Å²) in [5.41, 5.74) is 1.72. The topological polar surface area (TPSA) is 101 Å². The molecule has 0 unspecified atom stereocenters. The van der Waals surface area contributed by atoms with Crippen molar-refractivity contribution in [2.75, 3.05) is 24.8 Å². The summed E-state index contributed by atoms with van der Waals surface area (Å²) in [6, 6.07) is 14.6. The number of benzene rings is 2. The molecule has 1 N–H and O–H groups in total. The highest BCUT2D eigenvalue weighted by Crippen LogP contribution is 2.43. The van der Waals surface area contributed by atoms with Gasteiger partial charge in [0.25, 0.3) is 0 Å². The lowest BCUT2D eigenvalue weighted by Gasteiger charge is -2.35. The van der Waals surface area contributed by atoms with E-state index in [1.807, 2.05) is 17.0 Å². The zero-order chi connectivity index (χ0) is 32.1. The molecule has 1 amide bonds. The van der Waals surface area contributed by atoms with Crippen LogP contribution in [0.1, 0.15) is 63.0 Å². The number of aryl methyl sites for hydroxylation is 2. The number of ether oxygens (including phenoxy) is 2. The SMILES string of the molecule is CCCC(CCC)N(C(=O)CN1C[C@H](c2ccc3c(c2)OCO3)[C@H](C(=O)O)[C@H]1CCn1ccccc1=O)c1ccc(F)c(C)c1. The first-order valence-corrected chi connectivity index (χ1v) is 15.8. The Kier molecular flexibility index (Phi) is 10.2. The lowest BCUT2D eigenvalue weighted by atomic mass is 9.84. The highest BCUT2D eigenvalue weighted by molar-refractivity contribution is 5.95. The van der Waals surface area contributed by atoms with Crippen molar-refractivity contribution in [3.63, 3.8) is 0 Å². The van der Waals surface area contributed by atoms with E-state index in [4.69, 9.17) is 9.47 Å². The van der Waals surface area contributed by atoms with Crippen LogP contribution in [-0.2, 0) is 16.1 Å². The number of carbonyl (C=O) groups excluding carboxylic acids is 1. The maximum absolute atomic E-state index is 14.4. The Balaban J connectivity index is 1.50. The number of amides is 1. The van der Waals surface area contributed by atoms with E-state index in [2.05, 4.69) is 13.8 Å². The molecule has 240 valence electrons. The Morgan fingerprint density at radius 3 is 2.49 bits per heavy atom. The summed E-state index contributed by atoms with van der Waals surface area (Å²) in [4.78, 5) is 43.6. The van der Waals surface area contributed by atoms with Crippen molar-refractivity contribution >= 4 is 17.6 Å². The van der Waals surface area contributed by atoms with Crippen molar-refractivity contribution in [3.05, 3.63) is 88.1 Å². The number of carboxylic acids is 1. The summed E-state index contributed by atoms with van der Waals surface area (Å²) >= 11 is 0. The fourth-order valence-corrected chi connectivity index (χ4v) is 6.91. The molecule has 2 aliphatic heterocycles. The number of anilines is 1. The van der Waals surface area contributed by atoms with Gasteiger partial charge in [-0.2, -0.15) is 0 Å². The number of halogens is 1. The molecule has 3 heterocycles. The predicted octanol–water partition coefficient (Wildman–Crippen LogP) is 5.59. The number of carboxylic acid groups (broad SMARTS) is 1.